The van der Waals surface area contributed by atoms with Gasteiger partial charge in [0.25, 0.3) is 0 Å². The van der Waals surface area contributed by atoms with E-state index in [1.807, 2.05) is 38.1 Å². The largest absolute Gasteiger partial charge is 0.496 e. The lowest BCUT2D eigenvalue weighted by Crippen LogP contribution is -2.51. The van der Waals surface area contributed by atoms with Crippen molar-refractivity contribution in [1.82, 2.24) is 10.6 Å². The van der Waals surface area contributed by atoms with Gasteiger partial charge in [-0.1, -0.05) is 32.0 Å². The molecule has 0 aliphatic heterocycles. The summed E-state index contributed by atoms with van der Waals surface area (Å²) in [5.41, 5.74) is 5.94. The smallest absolute Gasteiger partial charge is 0.312 e. The number of ether oxygens (including phenoxy) is 1. The van der Waals surface area contributed by atoms with Gasteiger partial charge in [-0.3, -0.25) is 4.79 Å². The number of hydrogen-bond donors (Lipinski definition) is 3. The highest BCUT2D eigenvalue weighted by atomic mass is 16.5. The van der Waals surface area contributed by atoms with Crippen LogP contribution in [-0.4, -0.2) is 25.1 Å². The molecule has 0 unspecified atom stereocenters. The van der Waals surface area contributed by atoms with Crippen LogP contribution in [-0.2, 0) is 11.3 Å². The molecule has 0 radical (unpaired) electrons. The van der Waals surface area contributed by atoms with Gasteiger partial charge in [0.05, 0.1) is 7.11 Å². The number of nitrogens with one attached hydrogen (secondary N) is 2. The standard InChI is InChI=1S/C14H21N3O3/c1-9(2)12(17-14(15)19)13(18)16-8-10-6-4-5-7-11(10)20-3/h4-7,9,12H,8H2,1-3H3,(H,16,18)(H3,15,17,19)/t12-/m0/s1. The van der Waals surface area contributed by atoms with Crippen LogP contribution in [0.25, 0.3) is 0 Å². The summed E-state index contributed by atoms with van der Waals surface area (Å²) in [7, 11) is 1.58. The van der Waals surface area contributed by atoms with E-state index in [1.165, 1.54) is 0 Å². The number of hydrogen-bond acceptors (Lipinski definition) is 3. The number of methoxy groups -OCH3 is 1. The molecule has 6 nitrogen and oxygen atoms in total. The van der Waals surface area contributed by atoms with Crippen molar-refractivity contribution in [3.05, 3.63) is 29.8 Å². The Morgan fingerprint density at radius 1 is 1.30 bits per heavy atom. The maximum absolute atomic E-state index is 12.1. The molecule has 1 rings (SSSR count). The summed E-state index contributed by atoms with van der Waals surface area (Å²) < 4.78 is 5.21. The number of primary amides is 1. The van der Waals surface area contributed by atoms with E-state index in [1.54, 1.807) is 7.11 Å². The maximum atomic E-state index is 12.1. The van der Waals surface area contributed by atoms with Gasteiger partial charge >= 0.3 is 6.03 Å². The monoisotopic (exact) mass is 279 g/mol. The molecular weight excluding hydrogens is 258 g/mol. The number of nitrogens with two attached hydrogens (primary N) is 1. The van der Waals surface area contributed by atoms with Crippen LogP contribution in [0, 0.1) is 5.92 Å². The molecule has 0 saturated heterocycles. The molecule has 3 amide bonds. The average Bonchev–Trinajstić information content (AvgIpc) is 2.42. The summed E-state index contributed by atoms with van der Waals surface area (Å²) in [5.74, 6) is 0.377. The zero-order chi connectivity index (χ0) is 15.1. The van der Waals surface area contributed by atoms with E-state index in [9.17, 15) is 9.59 Å². The Hall–Kier alpha value is -2.24. The van der Waals surface area contributed by atoms with Crippen LogP contribution in [0.5, 0.6) is 5.75 Å². The van der Waals surface area contributed by atoms with Crippen LogP contribution in [0.2, 0.25) is 0 Å². The summed E-state index contributed by atoms with van der Waals surface area (Å²) in [6.07, 6.45) is 0. The lowest BCUT2D eigenvalue weighted by Gasteiger charge is -2.20. The quantitative estimate of drug-likeness (QED) is 0.725. The fourth-order valence-electron chi connectivity index (χ4n) is 1.83. The summed E-state index contributed by atoms with van der Waals surface area (Å²) >= 11 is 0. The third-order valence-corrected chi connectivity index (χ3v) is 2.89. The molecule has 0 spiro atoms. The lowest BCUT2D eigenvalue weighted by molar-refractivity contribution is -0.124. The first-order valence-corrected chi connectivity index (χ1v) is 6.41. The van der Waals surface area contributed by atoms with Crippen molar-refractivity contribution < 1.29 is 14.3 Å². The van der Waals surface area contributed by atoms with Crippen molar-refractivity contribution in [1.29, 1.82) is 0 Å². The minimum Gasteiger partial charge on any atom is -0.496 e. The van der Waals surface area contributed by atoms with Crippen LogP contribution < -0.4 is 21.1 Å². The van der Waals surface area contributed by atoms with Crippen LogP contribution in [0.15, 0.2) is 24.3 Å². The zero-order valence-electron chi connectivity index (χ0n) is 12.0. The van der Waals surface area contributed by atoms with Gasteiger partial charge in [0.15, 0.2) is 0 Å². The molecule has 6 heteroatoms. The summed E-state index contributed by atoms with van der Waals surface area (Å²) in [6.45, 7) is 4.00. The third-order valence-electron chi connectivity index (χ3n) is 2.89. The van der Waals surface area contributed by atoms with Crippen molar-refractivity contribution >= 4 is 11.9 Å². The van der Waals surface area contributed by atoms with E-state index in [0.29, 0.717) is 12.3 Å². The molecule has 0 aliphatic carbocycles. The minimum atomic E-state index is -0.712. The second-order valence-electron chi connectivity index (χ2n) is 4.76. The summed E-state index contributed by atoms with van der Waals surface area (Å²) in [6, 6.07) is 6.05. The molecule has 0 saturated carbocycles. The average molecular weight is 279 g/mol. The van der Waals surface area contributed by atoms with Crippen molar-refractivity contribution in [2.45, 2.75) is 26.4 Å². The molecule has 1 atom stereocenters. The molecule has 0 aromatic heterocycles. The fraction of sp³-hybridized carbons (Fsp3) is 0.429. The lowest BCUT2D eigenvalue weighted by atomic mass is 10.0. The molecule has 0 heterocycles. The highest BCUT2D eigenvalue weighted by Crippen LogP contribution is 2.16. The van der Waals surface area contributed by atoms with Crippen molar-refractivity contribution in [3.63, 3.8) is 0 Å². The molecule has 110 valence electrons. The van der Waals surface area contributed by atoms with E-state index < -0.39 is 12.1 Å². The molecule has 1 aromatic rings. The predicted octanol–water partition coefficient (Wildman–Crippen LogP) is 1.00. The molecule has 4 N–H and O–H groups in total. The fourth-order valence-corrected chi connectivity index (χ4v) is 1.83. The first kappa shape index (κ1) is 15.8. The number of urea groups is 1. The van der Waals surface area contributed by atoms with E-state index in [-0.39, 0.29) is 11.8 Å². The zero-order valence-corrected chi connectivity index (χ0v) is 12.0. The number of carbonyl (C=O) groups is 2. The SMILES string of the molecule is COc1ccccc1CNC(=O)[C@@H](NC(N)=O)C(C)C. The van der Waals surface area contributed by atoms with E-state index in [0.717, 1.165) is 5.56 Å². The van der Waals surface area contributed by atoms with Crippen LogP contribution in [0.4, 0.5) is 4.79 Å². The van der Waals surface area contributed by atoms with Gasteiger partial charge in [0, 0.05) is 12.1 Å². The summed E-state index contributed by atoms with van der Waals surface area (Å²) in [5, 5.41) is 5.21. The molecule has 0 fully saturated rings. The van der Waals surface area contributed by atoms with Crippen molar-refractivity contribution in [3.8, 4) is 5.75 Å². The predicted molar refractivity (Wildman–Crippen MR) is 76.2 cm³/mol. The van der Waals surface area contributed by atoms with Gasteiger partial charge in [-0.25, -0.2) is 4.79 Å². The Morgan fingerprint density at radius 2 is 1.95 bits per heavy atom. The Labute approximate surface area is 118 Å². The normalized spacial score (nSPS) is 11.8. The van der Waals surface area contributed by atoms with Crippen molar-refractivity contribution in [2.24, 2.45) is 11.7 Å². The van der Waals surface area contributed by atoms with Gasteiger partial charge in [-0.2, -0.15) is 0 Å². The van der Waals surface area contributed by atoms with E-state index in [2.05, 4.69) is 10.6 Å². The number of para-hydroxylation sites is 1. The molecule has 20 heavy (non-hydrogen) atoms. The first-order valence-electron chi connectivity index (χ1n) is 6.41. The van der Waals surface area contributed by atoms with Gasteiger partial charge in [0.1, 0.15) is 11.8 Å². The highest BCUT2D eigenvalue weighted by Gasteiger charge is 2.23. The first-order chi connectivity index (χ1) is 9.45. The van der Waals surface area contributed by atoms with E-state index >= 15 is 0 Å². The van der Waals surface area contributed by atoms with E-state index in [4.69, 9.17) is 10.5 Å². The molecule has 0 bridgehead atoms. The topological polar surface area (TPSA) is 93.4 Å². The molecule has 0 aliphatic rings. The van der Waals surface area contributed by atoms with Gasteiger partial charge in [-0.15, -0.1) is 0 Å². The van der Waals surface area contributed by atoms with Crippen LogP contribution in [0.1, 0.15) is 19.4 Å². The Morgan fingerprint density at radius 3 is 2.50 bits per heavy atom. The number of carbonyl (C=O) groups excluding carboxylic acids is 2. The van der Waals surface area contributed by atoms with Crippen LogP contribution >= 0.6 is 0 Å². The third kappa shape index (κ3) is 4.46. The van der Waals surface area contributed by atoms with Gasteiger partial charge in [-0.05, 0) is 12.0 Å². The van der Waals surface area contributed by atoms with Gasteiger partial charge < -0.3 is 21.1 Å². The molecular formula is C14H21N3O3. The summed E-state index contributed by atoms with van der Waals surface area (Å²) in [4.78, 5) is 23.0. The highest BCUT2D eigenvalue weighted by molar-refractivity contribution is 5.86. The number of amides is 3. The number of rotatable bonds is 6. The minimum absolute atomic E-state index is 0.0554. The second kappa shape index (κ2) is 7.37. The molecule has 1 aromatic carbocycles. The number of benzene rings is 1. The Kier molecular flexibility index (Phi) is 5.83. The van der Waals surface area contributed by atoms with Crippen molar-refractivity contribution in [2.75, 3.05) is 7.11 Å². The Balaban J connectivity index is 2.67. The second-order valence-corrected chi connectivity index (χ2v) is 4.76. The van der Waals surface area contributed by atoms with Gasteiger partial charge in [0.2, 0.25) is 5.91 Å². The maximum Gasteiger partial charge on any atom is 0.312 e. The Bertz CT molecular complexity index is 474. The van der Waals surface area contributed by atoms with Crippen LogP contribution in [0.3, 0.4) is 0 Å².